The van der Waals surface area contributed by atoms with Crippen molar-refractivity contribution >= 4 is 0 Å². The van der Waals surface area contributed by atoms with Gasteiger partial charge in [0, 0.05) is 12.2 Å². The molecule has 0 saturated heterocycles. The Morgan fingerprint density at radius 2 is 2.45 bits per heavy atom. The lowest BCUT2D eigenvalue weighted by atomic mass is 10.0. The highest BCUT2D eigenvalue weighted by Crippen LogP contribution is 2.16. The molecule has 0 spiro atoms. The third-order valence-corrected chi connectivity index (χ3v) is 1.66. The Bertz CT molecular complexity index is 242. The summed E-state index contributed by atoms with van der Waals surface area (Å²) in [6, 6.07) is 1.78. The molecular formula is C7H13N3O. The van der Waals surface area contributed by atoms with Gasteiger partial charge in [0.2, 0.25) is 0 Å². The topological polar surface area (TPSA) is 74.9 Å². The van der Waals surface area contributed by atoms with Crippen LogP contribution in [0.15, 0.2) is 6.07 Å². The Labute approximate surface area is 65.4 Å². The average Bonchev–Trinajstić information content (AvgIpc) is 2.36. The fraction of sp³-hybridized carbons (Fsp3) is 0.571. The van der Waals surface area contributed by atoms with Crippen molar-refractivity contribution in [1.29, 1.82) is 0 Å². The maximum Gasteiger partial charge on any atom is 0.118 e. The Hall–Kier alpha value is -0.870. The third kappa shape index (κ3) is 1.58. The van der Waals surface area contributed by atoms with Crippen molar-refractivity contribution in [3.63, 3.8) is 0 Å². The zero-order chi connectivity index (χ0) is 8.48. The number of aliphatic hydroxyl groups is 1. The maximum absolute atomic E-state index is 9.60. The molecule has 1 rings (SSSR count). The van der Waals surface area contributed by atoms with Gasteiger partial charge in [-0.1, -0.05) is 0 Å². The normalized spacial score (nSPS) is 16.4. The minimum absolute atomic E-state index is 0.178. The van der Waals surface area contributed by atoms with E-state index in [4.69, 9.17) is 5.73 Å². The smallest absolute Gasteiger partial charge is 0.118 e. The number of nitrogens with zero attached hydrogens (tertiary/aromatic N) is 1. The highest BCUT2D eigenvalue weighted by Gasteiger charge is 2.23. The van der Waals surface area contributed by atoms with Gasteiger partial charge >= 0.3 is 0 Å². The fourth-order valence-electron chi connectivity index (χ4n) is 0.799. The lowest BCUT2D eigenvalue weighted by molar-refractivity contribution is 0.0621. The third-order valence-electron chi connectivity index (χ3n) is 1.66. The summed E-state index contributed by atoms with van der Waals surface area (Å²) in [7, 11) is 0. The quantitative estimate of drug-likeness (QED) is 0.557. The second kappa shape index (κ2) is 2.64. The van der Waals surface area contributed by atoms with Crippen molar-refractivity contribution in [2.24, 2.45) is 5.73 Å². The minimum atomic E-state index is -1.01. The first kappa shape index (κ1) is 8.23. The van der Waals surface area contributed by atoms with Crippen LogP contribution in [0.3, 0.4) is 0 Å². The molecule has 0 amide bonds. The SMILES string of the molecule is Cc1cc(C(C)(O)CN)n[nH]1. The van der Waals surface area contributed by atoms with Crippen molar-refractivity contribution in [1.82, 2.24) is 10.2 Å². The molecule has 62 valence electrons. The first-order valence-electron chi connectivity index (χ1n) is 3.51. The van der Waals surface area contributed by atoms with Gasteiger partial charge in [-0.25, -0.2) is 0 Å². The maximum atomic E-state index is 9.60. The largest absolute Gasteiger partial charge is 0.382 e. The Kier molecular flexibility index (Phi) is 1.97. The second-order valence-electron chi connectivity index (χ2n) is 2.91. The van der Waals surface area contributed by atoms with E-state index in [1.807, 2.05) is 6.92 Å². The molecule has 1 aromatic rings. The monoisotopic (exact) mass is 155 g/mol. The number of aryl methyl sites for hydroxylation is 1. The number of nitrogens with one attached hydrogen (secondary N) is 1. The van der Waals surface area contributed by atoms with Crippen molar-refractivity contribution in [3.8, 4) is 0 Å². The molecule has 0 aliphatic carbocycles. The van der Waals surface area contributed by atoms with E-state index in [2.05, 4.69) is 10.2 Å². The summed E-state index contributed by atoms with van der Waals surface area (Å²) in [5.74, 6) is 0. The second-order valence-corrected chi connectivity index (χ2v) is 2.91. The van der Waals surface area contributed by atoms with Crippen molar-refractivity contribution in [2.45, 2.75) is 19.4 Å². The molecule has 1 heterocycles. The molecule has 0 aromatic carbocycles. The zero-order valence-electron chi connectivity index (χ0n) is 6.76. The Morgan fingerprint density at radius 1 is 1.82 bits per heavy atom. The van der Waals surface area contributed by atoms with E-state index in [1.165, 1.54) is 0 Å². The predicted molar refractivity (Wildman–Crippen MR) is 41.9 cm³/mol. The molecule has 0 fully saturated rings. The van der Waals surface area contributed by atoms with E-state index in [9.17, 15) is 5.11 Å². The van der Waals surface area contributed by atoms with Gasteiger partial charge < -0.3 is 10.8 Å². The highest BCUT2D eigenvalue weighted by molar-refractivity contribution is 5.14. The molecular weight excluding hydrogens is 142 g/mol. The van der Waals surface area contributed by atoms with Gasteiger partial charge in [-0.2, -0.15) is 5.10 Å². The van der Waals surface area contributed by atoms with Gasteiger partial charge in [-0.15, -0.1) is 0 Å². The summed E-state index contributed by atoms with van der Waals surface area (Å²) < 4.78 is 0. The minimum Gasteiger partial charge on any atom is -0.382 e. The summed E-state index contributed by atoms with van der Waals surface area (Å²) in [5, 5.41) is 16.2. The summed E-state index contributed by atoms with van der Waals surface area (Å²) in [6.45, 7) is 3.70. The summed E-state index contributed by atoms with van der Waals surface area (Å²) in [6.07, 6.45) is 0. The number of rotatable bonds is 2. The van der Waals surface area contributed by atoms with E-state index in [0.717, 1.165) is 5.69 Å². The highest BCUT2D eigenvalue weighted by atomic mass is 16.3. The van der Waals surface area contributed by atoms with Crippen LogP contribution in [0.2, 0.25) is 0 Å². The van der Waals surface area contributed by atoms with Gasteiger partial charge in [0.1, 0.15) is 5.60 Å². The first-order chi connectivity index (χ1) is 5.06. The molecule has 4 heteroatoms. The van der Waals surface area contributed by atoms with Crippen LogP contribution >= 0.6 is 0 Å². The molecule has 1 aromatic heterocycles. The molecule has 1 unspecified atom stereocenters. The molecule has 0 bridgehead atoms. The van der Waals surface area contributed by atoms with Crippen LogP contribution in [0.5, 0.6) is 0 Å². The first-order valence-corrected chi connectivity index (χ1v) is 3.51. The number of H-pyrrole nitrogens is 1. The van der Waals surface area contributed by atoms with Crippen LogP contribution in [0.4, 0.5) is 0 Å². The van der Waals surface area contributed by atoms with Crippen LogP contribution in [-0.4, -0.2) is 21.8 Å². The molecule has 4 nitrogen and oxygen atoms in total. The molecule has 1 atom stereocenters. The van der Waals surface area contributed by atoms with Gasteiger partial charge in [-0.05, 0) is 19.9 Å². The number of nitrogens with two attached hydrogens (primary N) is 1. The summed E-state index contributed by atoms with van der Waals surface area (Å²) in [5.41, 5.74) is 5.85. The zero-order valence-corrected chi connectivity index (χ0v) is 6.76. The standard InChI is InChI=1S/C7H13N3O/c1-5-3-6(10-9-5)7(2,11)4-8/h3,11H,4,8H2,1-2H3,(H,9,10). The molecule has 4 N–H and O–H groups in total. The van der Waals surface area contributed by atoms with E-state index in [1.54, 1.807) is 13.0 Å². The Morgan fingerprint density at radius 3 is 2.82 bits per heavy atom. The van der Waals surface area contributed by atoms with Crippen LogP contribution in [0.25, 0.3) is 0 Å². The van der Waals surface area contributed by atoms with Crippen LogP contribution in [0.1, 0.15) is 18.3 Å². The number of hydrogen-bond acceptors (Lipinski definition) is 3. The van der Waals surface area contributed by atoms with Crippen molar-refractivity contribution in [2.75, 3.05) is 6.54 Å². The van der Waals surface area contributed by atoms with E-state index < -0.39 is 5.60 Å². The molecule has 0 aliphatic rings. The molecule has 11 heavy (non-hydrogen) atoms. The van der Waals surface area contributed by atoms with E-state index >= 15 is 0 Å². The lowest BCUT2D eigenvalue weighted by Crippen LogP contribution is -2.31. The molecule has 0 aliphatic heterocycles. The van der Waals surface area contributed by atoms with E-state index in [0.29, 0.717) is 5.69 Å². The number of aromatic nitrogens is 2. The molecule has 0 saturated carbocycles. The fourth-order valence-corrected chi connectivity index (χ4v) is 0.799. The number of hydrogen-bond donors (Lipinski definition) is 3. The summed E-state index contributed by atoms with van der Waals surface area (Å²) in [4.78, 5) is 0. The van der Waals surface area contributed by atoms with Crippen LogP contribution < -0.4 is 5.73 Å². The van der Waals surface area contributed by atoms with Crippen LogP contribution in [-0.2, 0) is 5.60 Å². The van der Waals surface area contributed by atoms with Gasteiger partial charge in [0.05, 0.1) is 5.69 Å². The molecule has 0 radical (unpaired) electrons. The van der Waals surface area contributed by atoms with Gasteiger partial charge in [-0.3, -0.25) is 5.10 Å². The Balaban J connectivity index is 2.92. The van der Waals surface area contributed by atoms with Gasteiger partial charge in [0.15, 0.2) is 0 Å². The van der Waals surface area contributed by atoms with Crippen LogP contribution in [0, 0.1) is 6.92 Å². The summed E-state index contributed by atoms with van der Waals surface area (Å²) >= 11 is 0. The van der Waals surface area contributed by atoms with Crippen molar-refractivity contribution in [3.05, 3.63) is 17.5 Å². The van der Waals surface area contributed by atoms with Crippen molar-refractivity contribution < 1.29 is 5.11 Å². The van der Waals surface area contributed by atoms with E-state index in [-0.39, 0.29) is 6.54 Å². The number of aromatic amines is 1. The lowest BCUT2D eigenvalue weighted by Gasteiger charge is -2.17. The average molecular weight is 155 g/mol. The van der Waals surface area contributed by atoms with Gasteiger partial charge in [0.25, 0.3) is 0 Å². The predicted octanol–water partition coefficient (Wildman–Crippen LogP) is -0.116.